The summed E-state index contributed by atoms with van der Waals surface area (Å²) in [7, 11) is 1.55. The highest BCUT2D eigenvalue weighted by Gasteiger charge is 2.44. The van der Waals surface area contributed by atoms with E-state index < -0.39 is 17.7 Å². The summed E-state index contributed by atoms with van der Waals surface area (Å²) in [6.45, 7) is 6.94. The number of aryl methyl sites for hydroxylation is 2. The number of amides is 1. The maximum Gasteiger partial charge on any atom is 0.290 e. The number of aromatic nitrogens is 1. The molecule has 178 valence electrons. The minimum absolute atomic E-state index is 0.0797. The lowest BCUT2D eigenvalue weighted by Gasteiger charge is -2.26. The van der Waals surface area contributed by atoms with Gasteiger partial charge in [-0.2, -0.15) is 0 Å². The van der Waals surface area contributed by atoms with Gasteiger partial charge in [0.2, 0.25) is 5.78 Å². The zero-order valence-electron chi connectivity index (χ0n) is 19.7. The Bertz CT molecular complexity index is 1010. The monoisotopic (exact) mass is 472 g/mol. The molecule has 0 fully saturated rings. The van der Waals surface area contributed by atoms with Crippen LogP contribution >= 0.6 is 11.3 Å². The Morgan fingerprint density at radius 2 is 1.88 bits per heavy atom. The van der Waals surface area contributed by atoms with E-state index >= 15 is 0 Å². The zero-order valence-corrected chi connectivity index (χ0v) is 20.5. The fraction of sp³-hybridized carbons (Fsp3) is 0.480. The summed E-state index contributed by atoms with van der Waals surface area (Å²) in [6, 6.07) is 6.66. The van der Waals surface area contributed by atoms with Gasteiger partial charge in [-0.25, -0.2) is 4.98 Å². The van der Waals surface area contributed by atoms with Crippen molar-refractivity contribution in [3.05, 3.63) is 56.7 Å². The number of carbonyl (C=O) groups is 2. The minimum atomic E-state index is -0.708. The first-order valence-electron chi connectivity index (χ1n) is 11.3. The number of methoxy groups -OCH3 is 1. The lowest BCUT2D eigenvalue weighted by atomic mass is 9.95. The van der Waals surface area contributed by atoms with E-state index in [-0.39, 0.29) is 24.5 Å². The van der Waals surface area contributed by atoms with Crippen molar-refractivity contribution in [2.24, 2.45) is 0 Å². The molecule has 1 aromatic carbocycles. The molecule has 33 heavy (non-hydrogen) atoms. The van der Waals surface area contributed by atoms with Gasteiger partial charge in [-0.05, 0) is 38.0 Å². The van der Waals surface area contributed by atoms with Crippen molar-refractivity contribution in [1.82, 2.24) is 9.88 Å². The van der Waals surface area contributed by atoms with Gasteiger partial charge >= 0.3 is 0 Å². The van der Waals surface area contributed by atoms with Gasteiger partial charge in [0.25, 0.3) is 5.91 Å². The average Bonchev–Trinajstić information content (AvgIpc) is 3.27. The van der Waals surface area contributed by atoms with Crippen LogP contribution in [0.3, 0.4) is 0 Å². The molecule has 0 bridgehead atoms. The number of hydrogen-bond donors (Lipinski definition) is 1. The second-order valence-corrected chi connectivity index (χ2v) is 9.31. The largest absolute Gasteiger partial charge is 0.503 e. The average molecular weight is 473 g/mol. The molecule has 1 amide bonds. The van der Waals surface area contributed by atoms with Crippen LogP contribution in [0, 0.1) is 13.8 Å². The minimum Gasteiger partial charge on any atom is -0.503 e. The molecule has 1 atom stereocenters. The number of benzene rings is 1. The third-order valence-electron chi connectivity index (χ3n) is 5.66. The molecule has 0 aliphatic carbocycles. The predicted molar refractivity (Wildman–Crippen MR) is 128 cm³/mol. The fourth-order valence-electron chi connectivity index (χ4n) is 3.98. The SMILES string of the molecule is CCCCCCOc1ccc(C2C(C(=O)c3sc(C)nc3C)=C(O)C(=O)N2CCOC)cc1. The van der Waals surface area contributed by atoms with Crippen LogP contribution in [-0.2, 0) is 9.53 Å². The van der Waals surface area contributed by atoms with Crippen molar-refractivity contribution in [3.63, 3.8) is 0 Å². The van der Waals surface area contributed by atoms with Gasteiger partial charge in [0.1, 0.15) is 5.75 Å². The molecule has 7 nitrogen and oxygen atoms in total. The van der Waals surface area contributed by atoms with Gasteiger partial charge in [-0.3, -0.25) is 9.59 Å². The highest BCUT2D eigenvalue weighted by molar-refractivity contribution is 7.14. The van der Waals surface area contributed by atoms with E-state index in [1.54, 1.807) is 14.0 Å². The van der Waals surface area contributed by atoms with Gasteiger partial charge in [0, 0.05) is 13.7 Å². The van der Waals surface area contributed by atoms with E-state index in [1.165, 1.54) is 29.1 Å². The van der Waals surface area contributed by atoms with Crippen molar-refractivity contribution >= 4 is 23.0 Å². The van der Waals surface area contributed by atoms with Crippen LogP contribution in [0.1, 0.15) is 64.6 Å². The van der Waals surface area contributed by atoms with Crippen LogP contribution < -0.4 is 4.74 Å². The van der Waals surface area contributed by atoms with Crippen molar-refractivity contribution < 1.29 is 24.2 Å². The molecule has 2 heterocycles. The number of aliphatic hydroxyl groups is 1. The molecule has 0 saturated heterocycles. The molecule has 8 heteroatoms. The molecule has 0 radical (unpaired) electrons. The molecular formula is C25H32N2O5S. The summed E-state index contributed by atoms with van der Waals surface area (Å²) in [4.78, 5) is 32.6. The summed E-state index contributed by atoms with van der Waals surface area (Å²) < 4.78 is 11.0. The molecule has 1 aliphatic heterocycles. The van der Waals surface area contributed by atoms with E-state index in [0.717, 1.165) is 29.2 Å². The van der Waals surface area contributed by atoms with Crippen LogP contribution in [0.2, 0.25) is 0 Å². The Hall–Kier alpha value is -2.71. The number of ether oxygens (including phenoxy) is 2. The van der Waals surface area contributed by atoms with Crippen molar-refractivity contribution in [2.75, 3.05) is 26.9 Å². The normalized spacial score (nSPS) is 16.1. The van der Waals surface area contributed by atoms with Crippen LogP contribution in [0.25, 0.3) is 0 Å². The first-order valence-corrected chi connectivity index (χ1v) is 12.1. The quantitative estimate of drug-likeness (QED) is 0.348. The van der Waals surface area contributed by atoms with Crippen molar-refractivity contribution in [3.8, 4) is 5.75 Å². The fourth-order valence-corrected chi connectivity index (χ4v) is 4.86. The summed E-state index contributed by atoms with van der Waals surface area (Å²) in [5, 5.41) is 11.5. The van der Waals surface area contributed by atoms with Crippen LogP contribution in [0.15, 0.2) is 35.6 Å². The molecule has 1 unspecified atom stereocenters. The maximum atomic E-state index is 13.5. The first kappa shape index (κ1) is 24.9. The number of ketones is 1. The highest BCUT2D eigenvalue weighted by Crippen LogP contribution is 2.40. The molecule has 2 aromatic rings. The standard InChI is InChI=1S/C25H32N2O5S/c1-5-6-7-8-14-32-19-11-9-18(10-12-19)21-20(22(28)24-16(2)26-17(3)33-24)23(29)25(30)27(21)13-15-31-4/h9-12,21,29H,5-8,13-15H2,1-4H3. The number of thiazole rings is 1. The Morgan fingerprint density at radius 3 is 2.48 bits per heavy atom. The smallest absolute Gasteiger partial charge is 0.290 e. The summed E-state index contributed by atoms with van der Waals surface area (Å²) in [5.41, 5.74) is 1.40. The van der Waals surface area contributed by atoms with E-state index in [0.29, 0.717) is 17.2 Å². The van der Waals surface area contributed by atoms with Gasteiger partial charge < -0.3 is 19.5 Å². The van der Waals surface area contributed by atoms with Gasteiger partial charge in [-0.1, -0.05) is 38.3 Å². The molecule has 0 spiro atoms. The van der Waals surface area contributed by atoms with E-state index in [1.807, 2.05) is 31.2 Å². The molecule has 1 aliphatic rings. The van der Waals surface area contributed by atoms with E-state index in [2.05, 4.69) is 11.9 Å². The molecule has 3 rings (SSSR count). The van der Waals surface area contributed by atoms with E-state index in [9.17, 15) is 14.7 Å². The third-order valence-corrected chi connectivity index (χ3v) is 6.73. The highest BCUT2D eigenvalue weighted by atomic mass is 32.1. The zero-order chi connectivity index (χ0) is 24.0. The number of rotatable bonds is 12. The van der Waals surface area contributed by atoms with Crippen molar-refractivity contribution in [1.29, 1.82) is 0 Å². The molecule has 0 saturated carbocycles. The van der Waals surface area contributed by atoms with Gasteiger partial charge in [0.05, 0.1) is 40.4 Å². The van der Waals surface area contributed by atoms with E-state index in [4.69, 9.17) is 9.47 Å². The summed E-state index contributed by atoms with van der Waals surface area (Å²) in [5.74, 6) is -0.721. The summed E-state index contributed by atoms with van der Waals surface area (Å²) >= 11 is 1.27. The molecule has 1 aromatic heterocycles. The number of unbranched alkanes of at least 4 members (excludes halogenated alkanes) is 3. The Labute approximate surface area is 199 Å². The Kier molecular flexibility index (Phi) is 8.63. The Morgan fingerprint density at radius 1 is 1.15 bits per heavy atom. The molecule has 1 N–H and O–H groups in total. The number of Topliss-reactive ketones (excluding diaryl/α,β-unsaturated/α-hetero) is 1. The third kappa shape index (κ3) is 5.62. The predicted octanol–water partition coefficient (Wildman–Crippen LogP) is 4.94. The Balaban J connectivity index is 1.88. The van der Waals surface area contributed by atoms with Crippen LogP contribution in [-0.4, -0.2) is 53.5 Å². The molecular weight excluding hydrogens is 440 g/mol. The topological polar surface area (TPSA) is 89.0 Å². The number of nitrogens with zero attached hydrogens (tertiary/aromatic N) is 2. The van der Waals surface area contributed by atoms with Crippen molar-refractivity contribution in [2.45, 2.75) is 52.5 Å². The second-order valence-electron chi connectivity index (χ2n) is 8.11. The van der Waals surface area contributed by atoms with Gasteiger partial charge in [0.15, 0.2) is 5.76 Å². The first-order chi connectivity index (χ1) is 15.9. The summed E-state index contributed by atoms with van der Waals surface area (Å²) in [6.07, 6.45) is 4.51. The van der Waals surface area contributed by atoms with Crippen LogP contribution in [0.4, 0.5) is 0 Å². The van der Waals surface area contributed by atoms with Crippen LogP contribution in [0.5, 0.6) is 5.75 Å². The number of aliphatic hydroxyl groups excluding tert-OH is 1. The maximum absolute atomic E-state index is 13.5. The lowest BCUT2D eigenvalue weighted by molar-refractivity contribution is -0.130. The number of hydrogen-bond acceptors (Lipinski definition) is 7. The lowest BCUT2D eigenvalue weighted by Crippen LogP contribution is -2.34. The number of carbonyl (C=O) groups excluding carboxylic acids is 2. The second kappa shape index (κ2) is 11.4. The van der Waals surface area contributed by atoms with Gasteiger partial charge in [-0.15, -0.1) is 11.3 Å².